The fraction of sp³-hybridized carbons (Fsp3) is 0.700. The van der Waals surface area contributed by atoms with E-state index in [2.05, 4.69) is 10.3 Å². The Morgan fingerprint density at radius 2 is 2.19 bits per heavy atom. The second kappa shape index (κ2) is 4.51. The highest BCUT2D eigenvalue weighted by atomic mass is 16.6. The van der Waals surface area contributed by atoms with Crippen LogP contribution in [0.2, 0.25) is 0 Å². The van der Waals surface area contributed by atoms with Crippen LogP contribution in [-0.4, -0.2) is 17.0 Å². The molecular weight excluding hydrogens is 210 g/mol. The Kier molecular flexibility index (Phi) is 3.51. The summed E-state index contributed by atoms with van der Waals surface area (Å²) in [6.07, 6.45) is 0.869. The molecule has 90 valence electrons. The summed E-state index contributed by atoms with van der Waals surface area (Å²) in [7, 11) is 0. The van der Waals surface area contributed by atoms with Crippen molar-refractivity contribution in [1.29, 1.82) is 0 Å². The van der Waals surface area contributed by atoms with Gasteiger partial charge in [-0.1, -0.05) is 20.8 Å². The van der Waals surface area contributed by atoms with E-state index >= 15 is 0 Å². The van der Waals surface area contributed by atoms with E-state index in [4.69, 9.17) is 9.26 Å². The molecule has 1 heterocycles. The normalized spacial score (nSPS) is 13.2. The highest BCUT2D eigenvalue weighted by Crippen LogP contribution is 2.11. The number of aliphatic imine (C=N–C) groups is 1. The van der Waals surface area contributed by atoms with E-state index in [1.54, 1.807) is 31.6 Å². The van der Waals surface area contributed by atoms with Gasteiger partial charge in [0.15, 0.2) is 12.1 Å². The van der Waals surface area contributed by atoms with Gasteiger partial charge in [-0.15, -0.1) is 0 Å². The number of nitrogens with zero attached hydrogens (tertiary/aromatic N) is 3. The van der Waals surface area contributed by atoms with Gasteiger partial charge in [0.1, 0.15) is 0 Å². The van der Waals surface area contributed by atoms with Gasteiger partial charge in [-0.2, -0.15) is 4.99 Å². The van der Waals surface area contributed by atoms with Gasteiger partial charge in [-0.3, -0.25) is 4.52 Å². The van der Waals surface area contributed by atoms with E-state index in [0.717, 1.165) is 0 Å². The highest BCUT2D eigenvalue weighted by molar-refractivity contribution is 5.65. The van der Waals surface area contributed by atoms with Crippen LogP contribution in [0.3, 0.4) is 0 Å². The Bertz CT molecular complexity index is 377. The lowest BCUT2D eigenvalue weighted by Gasteiger charge is -2.28. The fourth-order valence-corrected chi connectivity index (χ4v) is 0.917. The summed E-state index contributed by atoms with van der Waals surface area (Å²) >= 11 is 0. The zero-order chi connectivity index (χ0) is 12.3. The average molecular weight is 227 g/mol. The van der Waals surface area contributed by atoms with Crippen molar-refractivity contribution in [3.8, 4) is 0 Å². The Hall–Kier alpha value is -1.59. The molecule has 1 aromatic rings. The molecule has 0 aliphatic carbocycles. The van der Waals surface area contributed by atoms with Crippen molar-refractivity contribution in [2.75, 3.05) is 0 Å². The summed E-state index contributed by atoms with van der Waals surface area (Å²) in [5.41, 5.74) is -0.561. The first-order chi connectivity index (χ1) is 7.28. The SMILES string of the molecule is CC(C)[n+]1cc(/N=C(\[O-])OC(C)(C)C)on1. The smallest absolute Gasteiger partial charge is 0.323 e. The van der Waals surface area contributed by atoms with Crippen LogP contribution in [0.4, 0.5) is 5.88 Å². The second-order valence-electron chi connectivity index (χ2n) is 4.71. The number of hydrogen-bond acceptors (Lipinski definition) is 5. The van der Waals surface area contributed by atoms with Crippen molar-refractivity contribution >= 4 is 12.0 Å². The largest absolute Gasteiger partial charge is 0.594 e. The summed E-state index contributed by atoms with van der Waals surface area (Å²) in [6.45, 7) is 9.21. The molecule has 0 saturated heterocycles. The van der Waals surface area contributed by atoms with Crippen molar-refractivity contribution in [3.05, 3.63) is 6.20 Å². The predicted molar refractivity (Wildman–Crippen MR) is 55.0 cm³/mol. The minimum absolute atomic E-state index is 0.142. The molecule has 0 aliphatic rings. The zero-order valence-electron chi connectivity index (χ0n) is 10.2. The number of hydrogen-bond donors (Lipinski definition) is 0. The molecule has 0 amide bonds. The quantitative estimate of drug-likeness (QED) is 0.423. The van der Waals surface area contributed by atoms with Gasteiger partial charge in [0.25, 0.3) is 6.20 Å². The second-order valence-corrected chi connectivity index (χ2v) is 4.71. The molecule has 0 unspecified atom stereocenters. The molecule has 1 aromatic heterocycles. The van der Waals surface area contributed by atoms with Crippen LogP contribution in [0.1, 0.15) is 40.7 Å². The van der Waals surface area contributed by atoms with Crippen LogP contribution in [0.5, 0.6) is 0 Å². The van der Waals surface area contributed by atoms with Crippen LogP contribution in [0.25, 0.3) is 0 Å². The highest BCUT2D eigenvalue weighted by Gasteiger charge is 2.14. The summed E-state index contributed by atoms with van der Waals surface area (Å²) in [5.74, 6) is 0.142. The molecule has 1 rings (SSSR count). The Morgan fingerprint density at radius 3 is 2.62 bits per heavy atom. The third-order valence-electron chi connectivity index (χ3n) is 1.60. The van der Waals surface area contributed by atoms with Gasteiger partial charge in [0, 0.05) is 5.60 Å². The van der Waals surface area contributed by atoms with Crippen LogP contribution in [0.15, 0.2) is 15.7 Å². The van der Waals surface area contributed by atoms with Crippen molar-refractivity contribution in [1.82, 2.24) is 5.27 Å². The lowest BCUT2D eigenvalue weighted by molar-refractivity contribution is -0.779. The molecule has 0 radical (unpaired) electrons. The van der Waals surface area contributed by atoms with E-state index in [1.165, 1.54) is 0 Å². The molecule has 0 saturated carbocycles. The summed E-state index contributed by atoms with van der Waals surface area (Å²) in [4.78, 5) is 3.64. The maximum absolute atomic E-state index is 11.3. The fourth-order valence-electron chi connectivity index (χ4n) is 0.917. The maximum Gasteiger partial charge on any atom is 0.323 e. The Balaban J connectivity index is 2.74. The molecule has 0 aliphatic heterocycles. The lowest BCUT2D eigenvalue weighted by Crippen LogP contribution is -2.36. The van der Waals surface area contributed by atoms with Crippen LogP contribution >= 0.6 is 0 Å². The van der Waals surface area contributed by atoms with Crippen LogP contribution < -0.4 is 9.79 Å². The van der Waals surface area contributed by atoms with E-state index in [1.807, 2.05) is 13.8 Å². The number of ether oxygens (including phenoxy) is 1. The summed E-state index contributed by atoms with van der Waals surface area (Å²) < 4.78 is 11.4. The van der Waals surface area contributed by atoms with E-state index in [-0.39, 0.29) is 11.9 Å². The van der Waals surface area contributed by atoms with Crippen molar-refractivity contribution in [2.24, 2.45) is 4.99 Å². The first kappa shape index (κ1) is 12.5. The maximum atomic E-state index is 11.3. The number of aromatic nitrogens is 2. The third-order valence-corrected chi connectivity index (χ3v) is 1.60. The van der Waals surface area contributed by atoms with E-state index in [0.29, 0.717) is 0 Å². The zero-order valence-corrected chi connectivity index (χ0v) is 10.2. The topological polar surface area (TPSA) is 74.6 Å². The molecule has 6 heteroatoms. The van der Waals surface area contributed by atoms with Crippen molar-refractivity contribution < 1.29 is 19.0 Å². The van der Waals surface area contributed by atoms with Crippen molar-refractivity contribution in [3.63, 3.8) is 0 Å². The predicted octanol–water partition coefficient (Wildman–Crippen LogP) is 0.706. The van der Waals surface area contributed by atoms with E-state index < -0.39 is 11.7 Å². The molecular formula is C10H17N3O3. The van der Waals surface area contributed by atoms with Crippen LogP contribution in [0, 0.1) is 0 Å². The first-order valence-electron chi connectivity index (χ1n) is 5.11. The van der Waals surface area contributed by atoms with Gasteiger partial charge >= 0.3 is 5.88 Å². The molecule has 0 fully saturated rings. The van der Waals surface area contributed by atoms with Gasteiger partial charge in [0.05, 0.1) is 0 Å². The minimum atomic E-state index is -0.681. The van der Waals surface area contributed by atoms with Gasteiger partial charge in [-0.05, 0) is 18.5 Å². The summed E-state index contributed by atoms with van der Waals surface area (Å²) in [5, 5.41) is 15.0. The standard InChI is InChI=1S/C10H17N3O3/c1-7(2)13-6-8(16-12-13)11-9(14)15-10(3,4)5/h6-7H,1-5H3. The monoisotopic (exact) mass is 227 g/mol. The Labute approximate surface area is 94.5 Å². The van der Waals surface area contributed by atoms with Gasteiger partial charge in [-0.25, -0.2) is 0 Å². The lowest BCUT2D eigenvalue weighted by atomic mass is 10.2. The molecule has 0 bridgehead atoms. The first-order valence-corrected chi connectivity index (χ1v) is 5.11. The average Bonchev–Trinajstić information content (AvgIpc) is 2.48. The van der Waals surface area contributed by atoms with Crippen molar-refractivity contribution in [2.45, 2.75) is 46.3 Å². The van der Waals surface area contributed by atoms with Crippen LogP contribution in [-0.2, 0) is 4.74 Å². The van der Waals surface area contributed by atoms with Gasteiger partial charge < -0.3 is 9.84 Å². The molecule has 6 nitrogen and oxygen atoms in total. The Morgan fingerprint density at radius 1 is 1.56 bits per heavy atom. The van der Waals surface area contributed by atoms with Gasteiger partial charge in [0.2, 0.25) is 5.27 Å². The minimum Gasteiger partial charge on any atom is -0.594 e. The molecule has 0 atom stereocenters. The number of rotatable bonds is 2. The molecule has 0 spiro atoms. The third kappa shape index (κ3) is 3.88. The van der Waals surface area contributed by atoms with E-state index in [9.17, 15) is 5.11 Å². The molecule has 0 aromatic carbocycles. The summed E-state index contributed by atoms with van der Waals surface area (Å²) in [6, 6.07) is 0.159. The molecule has 16 heavy (non-hydrogen) atoms. The molecule has 0 N–H and O–H groups in total.